The van der Waals surface area contributed by atoms with Crippen LogP contribution >= 0.6 is 0 Å². The number of rotatable bonds is 7. The van der Waals surface area contributed by atoms with Gasteiger partial charge in [-0.2, -0.15) is 0 Å². The molecule has 0 saturated heterocycles. The number of para-hydroxylation sites is 1. The lowest BCUT2D eigenvalue weighted by atomic mass is 10.3. The van der Waals surface area contributed by atoms with Crippen molar-refractivity contribution in [3.05, 3.63) is 30.3 Å². The van der Waals surface area contributed by atoms with E-state index in [1.165, 1.54) is 0 Å². The first-order valence-corrected chi connectivity index (χ1v) is 7.34. The van der Waals surface area contributed by atoms with Gasteiger partial charge in [0, 0.05) is 14.0 Å². The molecule has 1 rings (SSSR count). The molecule has 21 heavy (non-hydrogen) atoms. The number of nitrogens with zero attached hydrogens (tertiary/aromatic N) is 3. The predicted molar refractivity (Wildman–Crippen MR) is 84.4 cm³/mol. The Morgan fingerprint density at radius 3 is 2.10 bits per heavy atom. The minimum absolute atomic E-state index is 0. The van der Waals surface area contributed by atoms with Gasteiger partial charge in [0.1, 0.15) is 0 Å². The molecule has 0 aliphatic carbocycles. The maximum absolute atomic E-state index is 11.9. The van der Waals surface area contributed by atoms with E-state index >= 15 is 0 Å². The number of anilines is 1. The number of carbonyl (C=O) groups excluding carboxylic acids is 1. The van der Waals surface area contributed by atoms with Gasteiger partial charge in [0.05, 0.1) is 38.9 Å². The third kappa shape index (κ3) is 5.82. The molecule has 0 heterocycles. The van der Waals surface area contributed by atoms with Crippen molar-refractivity contribution < 1.29 is 33.3 Å². The zero-order valence-electron chi connectivity index (χ0n) is 13.8. The van der Waals surface area contributed by atoms with E-state index in [2.05, 4.69) is 20.9 Å². The molecule has 1 aromatic carbocycles. The largest absolute Gasteiger partial charge is 1.00 e. The minimum atomic E-state index is 0. The first kappa shape index (κ1) is 20.2. The first-order chi connectivity index (χ1) is 9.43. The first-order valence-electron chi connectivity index (χ1n) is 7.34. The van der Waals surface area contributed by atoms with Crippen LogP contribution in [0.5, 0.6) is 0 Å². The van der Waals surface area contributed by atoms with Gasteiger partial charge in [-0.25, -0.2) is 5.01 Å². The molecule has 0 spiro atoms. The Labute approximate surface area is 146 Å². The van der Waals surface area contributed by atoms with Crippen molar-refractivity contribution in [2.75, 3.05) is 45.3 Å². The lowest BCUT2D eigenvalue weighted by Crippen LogP contribution is -3.00. The van der Waals surface area contributed by atoms with Crippen LogP contribution in [0.25, 0.3) is 0 Å². The van der Waals surface area contributed by atoms with E-state index < -0.39 is 0 Å². The zero-order chi connectivity index (χ0) is 15.2. The van der Waals surface area contributed by atoms with Crippen molar-refractivity contribution in [3.8, 4) is 0 Å². The van der Waals surface area contributed by atoms with Crippen molar-refractivity contribution in [1.29, 1.82) is 0 Å². The standard InChI is InChI=1S/C16H28N3O.HI/c1-6-19(5,7-2)14-13-18(15(3)20)17(4)16-11-9-8-10-12-16;/h8-12H,6-7,13-14H2,1-5H3;1H/q+1;/p-1. The molecule has 4 nitrogen and oxygen atoms in total. The Hall–Kier alpha value is -0.820. The van der Waals surface area contributed by atoms with Crippen LogP contribution in [0, 0.1) is 0 Å². The summed E-state index contributed by atoms with van der Waals surface area (Å²) in [6.45, 7) is 9.88. The summed E-state index contributed by atoms with van der Waals surface area (Å²) in [6, 6.07) is 10.00. The normalized spacial score (nSPS) is 10.7. The molecule has 0 unspecified atom stereocenters. The number of amides is 1. The highest BCUT2D eigenvalue weighted by Gasteiger charge is 2.22. The second-order valence-electron chi connectivity index (χ2n) is 5.48. The van der Waals surface area contributed by atoms with Crippen LogP contribution in [-0.4, -0.2) is 55.7 Å². The van der Waals surface area contributed by atoms with Crippen LogP contribution in [0.15, 0.2) is 30.3 Å². The predicted octanol–water partition coefficient (Wildman–Crippen LogP) is -0.623. The van der Waals surface area contributed by atoms with Gasteiger partial charge in [0.25, 0.3) is 0 Å². The highest BCUT2D eigenvalue weighted by atomic mass is 127. The second-order valence-corrected chi connectivity index (χ2v) is 5.48. The fraction of sp³-hybridized carbons (Fsp3) is 0.562. The van der Waals surface area contributed by atoms with Gasteiger partial charge in [-0.05, 0) is 26.0 Å². The van der Waals surface area contributed by atoms with E-state index in [9.17, 15) is 4.79 Å². The van der Waals surface area contributed by atoms with Gasteiger partial charge in [-0.3, -0.25) is 9.80 Å². The Kier molecular flexibility index (Phi) is 8.89. The van der Waals surface area contributed by atoms with Crippen molar-refractivity contribution in [2.45, 2.75) is 20.8 Å². The van der Waals surface area contributed by atoms with Crippen LogP contribution in [0.3, 0.4) is 0 Å². The average molecular weight is 405 g/mol. The number of carbonyl (C=O) groups is 1. The zero-order valence-corrected chi connectivity index (χ0v) is 16.0. The van der Waals surface area contributed by atoms with Crippen molar-refractivity contribution in [2.24, 2.45) is 0 Å². The quantitative estimate of drug-likeness (QED) is 0.343. The SMILES string of the molecule is CC[N+](C)(CC)CCN(C(C)=O)N(C)c1ccccc1.[I-]. The molecular weight excluding hydrogens is 377 g/mol. The van der Waals surface area contributed by atoms with Crippen molar-refractivity contribution in [3.63, 3.8) is 0 Å². The molecule has 120 valence electrons. The van der Waals surface area contributed by atoms with Gasteiger partial charge in [-0.1, -0.05) is 18.2 Å². The summed E-state index contributed by atoms with van der Waals surface area (Å²) in [5.74, 6) is 0.0788. The molecule has 0 saturated carbocycles. The summed E-state index contributed by atoms with van der Waals surface area (Å²) in [5, 5.41) is 3.76. The Morgan fingerprint density at radius 2 is 1.67 bits per heavy atom. The van der Waals surface area contributed by atoms with Crippen LogP contribution in [0.4, 0.5) is 5.69 Å². The van der Waals surface area contributed by atoms with E-state index in [1.54, 1.807) is 6.92 Å². The topological polar surface area (TPSA) is 23.6 Å². The number of hydrazine groups is 1. The summed E-state index contributed by atoms with van der Waals surface area (Å²) in [5.41, 5.74) is 1.03. The van der Waals surface area contributed by atoms with E-state index in [0.29, 0.717) is 0 Å². The molecule has 1 amide bonds. The fourth-order valence-electron chi connectivity index (χ4n) is 2.18. The molecule has 0 aliphatic rings. The number of halogens is 1. The molecule has 0 aromatic heterocycles. The monoisotopic (exact) mass is 405 g/mol. The second kappa shape index (κ2) is 9.25. The highest BCUT2D eigenvalue weighted by Crippen LogP contribution is 2.14. The average Bonchev–Trinajstić information content (AvgIpc) is 2.47. The Bertz CT molecular complexity index is 421. The summed E-state index contributed by atoms with van der Waals surface area (Å²) < 4.78 is 0.979. The summed E-state index contributed by atoms with van der Waals surface area (Å²) in [7, 11) is 4.18. The molecule has 1 aromatic rings. The number of quaternary nitrogens is 1. The summed E-state index contributed by atoms with van der Waals surface area (Å²) in [4.78, 5) is 11.9. The molecule has 0 aliphatic heterocycles. The molecule has 0 N–H and O–H groups in total. The number of likely N-dealkylation sites (N-methyl/N-ethyl adjacent to an activating group) is 1. The van der Waals surface area contributed by atoms with Crippen molar-refractivity contribution >= 4 is 11.6 Å². The lowest BCUT2D eigenvalue weighted by Gasteiger charge is -2.37. The molecule has 0 atom stereocenters. The lowest BCUT2D eigenvalue weighted by molar-refractivity contribution is -0.905. The van der Waals surface area contributed by atoms with Crippen molar-refractivity contribution in [1.82, 2.24) is 5.01 Å². The molecular formula is C16H28IN3O. The molecule has 0 bridgehead atoms. The smallest absolute Gasteiger partial charge is 0.238 e. The number of hydrogen-bond donors (Lipinski definition) is 0. The van der Waals surface area contributed by atoms with Gasteiger partial charge in [0.15, 0.2) is 0 Å². The number of hydrogen-bond acceptors (Lipinski definition) is 2. The van der Waals surface area contributed by atoms with E-state index in [0.717, 1.165) is 36.3 Å². The van der Waals surface area contributed by atoms with Gasteiger partial charge in [-0.15, -0.1) is 0 Å². The Morgan fingerprint density at radius 1 is 1.14 bits per heavy atom. The third-order valence-corrected chi connectivity index (χ3v) is 4.23. The highest BCUT2D eigenvalue weighted by molar-refractivity contribution is 5.75. The van der Waals surface area contributed by atoms with Crippen LogP contribution < -0.4 is 29.0 Å². The van der Waals surface area contributed by atoms with Crippen LogP contribution in [-0.2, 0) is 4.79 Å². The fourth-order valence-corrected chi connectivity index (χ4v) is 2.18. The maximum atomic E-state index is 11.9. The van der Waals surface area contributed by atoms with E-state index in [1.807, 2.05) is 47.4 Å². The van der Waals surface area contributed by atoms with Crippen LogP contribution in [0.1, 0.15) is 20.8 Å². The van der Waals surface area contributed by atoms with E-state index in [4.69, 9.17) is 0 Å². The number of benzene rings is 1. The van der Waals surface area contributed by atoms with Gasteiger partial charge in [0.2, 0.25) is 5.91 Å². The van der Waals surface area contributed by atoms with Crippen LogP contribution in [0.2, 0.25) is 0 Å². The minimum Gasteiger partial charge on any atom is -1.00 e. The summed E-state index contributed by atoms with van der Waals surface area (Å²) >= 11 is 0. The van der Waals surface area contributed by atoms with E-state index in [-0.39, 0.29) is 29.9 Å². The van der Waals surface area contributed by atoms with Gasteiger partial charge >= 0.3 is 0 Å². The third-order valence-electron chi connectivity index (χ3n) is 4.23. The maximum Gasteiger partial charge on any atom is 0.238 e. The Balaban J connectivity index is 0.00000400. The molecule has 0 radical (unpaired) electrons. The molecule has 0 fully saturated rings. The van der Waals surface area contributed by atoms with Gasteiger partial charge < -0.3 is 28.5 Å². The summed E-state index contributed by atoms with van der Waals surface area (Å²) in [6.07, 6.45) is 0. The molecule has 5 heteroatoms.